The van der Waals surface area contributed by atoms with Crippen LogP contribution in [0.3, 0.4) is 0 Å². The molecule has 0 aromatic heterocycles. The molecule has 1 aliphatic heterocycles. The highest BCUT2D eigenvalue weighted by molar-refractivity contribution is 5.76. The first-order valence-electron chi connectivity index (χ1n) is 33.5. The number of amides is 1. The molecule has 0 aliphatic carbocycles. The van der Waals surface area contributed by atoms with E-state index in [0.717, 1.165) is 51.4 Å². The van der Waals surface area contributed by atoms with Gasteiger partial charge in [0.15, 0.2) is 6.29 Å². The summed E-state index contributed by atoms with van der Waals surface area (Å²) < 4.78 is 11.3. The molecule has 0 aromatic rings. The van der Waals surface area contributed by atoms with Crippen LogP contribution in [0.5, 0.6) is 0 Å². The van der Waals surface area contributed by atoms with Crippen molar-refractivity contribution in [1.82, 2.24) is 5.32 Å². The number of hydrogen-bond acceptors (Lipinski definition) is 8. The Kier molecular flexibility index (Phi) is 55.0. The number of nitrogens with one attached hydrogen (secondary N) is 1. The zero-order valence-electron chi connectivity index (χ0n) is 50.9. The third kappa shape index (κ3) is 46.5. The first kappa shape index (κ1) is 73.9. The van der Waals surface area contributed by atoms with E-state index in [-0.39, 0.29) is 12.5 Å². The second-order valence-corrected chi connectivity index (χ2v) is 23.3. The molecule has 1 saturated heterocycles. The fourth-order valence-electron chi connectivity index (χ4n) is 10.5. The van der Waals surface area contributed by atoms with E-state index in [1.54, 1.807) is 6.08 Å². The average molecular weight is 1100 g/mol. The molecule has 7 unspecified atom stereocenters. The van der Waals surface area contributed by atoms with Gasteiger partial charge in [-0.25, -0.2) is 0 Å². The minimum Gasteiger partial charge on any atom is -0.394 e. The molecule has 1 rings (SSSR count). The Labute approximate surface area is 481 Å². The lowest BCUT2D eigenvalue weighted by Gasteiger charge is -2.40. The van der Waals surface area contributed by atoms with Crippen molar-refractivity contribution in [3.8, 4) is 0 Å². The Hall–Kier alpha value is -2.11. The van der Waals surface area contributed by atoms with Crippen LogP contribution in [0.4, 0.5) is 0 Å². The normalized spacial score (nSPS) is 19.0. The van der Waals surface area contributed by atoms with Gasteiger partial charge in [0.25, 0.3) is 0 Å². The Morgan fingerprint density at radius 1 is 0.436 bits per heavy atom. The minimum absolute atomic E-state index is 0.182. The largest absolute Gasteiger partial charge is 0.394 e. The first-order valence-corrected chi connectivity index (χ1v) is 33.5. The lowest BCUT2D eigenvalue weighted by Crippen LogP contribution is -2.60. The average Bonchev–Trinajstić information content (AvgIpc) is 3.45. The van der Waals surface area contributed by atoms with Crippen LogP contribution in [-0.2, 0) is 14.3 Å². The molecule has 0 saturated carbocycles. The number of rotatable bonds is 58. The second kappa shape index (κ2) is 58.1. The molecular formula is C69H127NO8. The maximum Gasteiger partial charge on any atom is 0.220 e. The molecule has 9 heteroatoms. The van der Waals surface area contributed by atoms with E-state index in [2.05, 4.69) is 67.8 Å². The van der Waals surface area contributed by atoms with Gasteiger partial charge in [0.2, 0.25) is 5.91 Å². The van der Waals surface area contributed by atoms with Crippen molar-refractivity contribution in [2.75, 3.05) is 13.2 Å². The SMILES string of the molecule is CCCCCCC/C=C\C/C=C\C/C=C\CCCCCCCCCCCCCCCCCCCCCCC(=O)NC(COC1OC(CO)C(O)C(O)C1O)C(O)/C=C/CC/C=C/CCCCCCCCCCCCCCCC. The zero-order valence-corrected chi connectivity index (χ0v) is 50.9. The van der Waals surface area contributed by atoms with Crippen LogP contribution >= 0.6 is 0 Å². The Bertz CT molecular complexity index is 1410. The number of ether oxygens (including phenoxy) is 2. The molecule has 7 atom stereocenters. The number of carbonyl (C=O) groups excluding carboxylic acids is 1. The van der Waals surface area contributed by atoms with Crippen LogP contribution in [0.1, 0.15) is 316 Å². The first-order chi connectivity index (χ1) is 38.3. The van der Waals surface area contributed by atoms with E-state index in [4.69, 9.17) is 9.47 Å². The van der Waals surface area contributed by atoms with Crippen LogP contribution in [0.25, 0.3) is 0 Å². The summed E-state index contributed by atoms with van der Waals surface area (Å²) in [5, 5.41) is 54.6. The predicted molar refractivity (Wildman–Crippen MR) is 332 cm³/mol. The zero-order chi connectivity index (χ0) is 56.5. The van der Waals surface area contributed by atoms with E-state index in [1.165, 1.54) is 244 Å². The third-order valence-corrected chi connectivity index (χ3v) is 15.8. The van der Waals surface area contributed by atoms with Gasteiger partial charge in [-0.2, -0.15) is 0 Å². The summed E-state index contributed by atoms with van der Waals surface area (Å²) in [6.07, 6.45) is 73.2. The molecule has 0 spiro atoms. The highest BCUT2D eigenvalue weighted by atomic mass is 16.7. The Morgan fingerprint density at radius 2 is 0.769 bits per heavy atom. The summed E-state index contributed by atoms with van der Waals surface area (Å²) in [5.74, 6) is -0.182. The fraction of sp³-hybridized carbons (Fsp3) is 0.841. The van der Waals surface area contributed by atoms with Crippen molar-refractivity contribution >= 4 is 5.91 Å². The third-order valence-electron chi connectivity index (χ3n) is 15.8. The maximum atomic E-state index is 13.1. The van der Waals surface area contributed by atoms with Crippen LogP contribution in [0, 0.1) is 0 Å². The van der Waals surface area contributed by atoms with E-state index in [9.17, 15) is 30.3 Å². The molecule has 78 heavy (non-hydrogen) atoms. The van der Waals surface area contributed by atoms with E-state index >= 15 is 0 Å². The fourth-order valence-corrected chi connectivity index (χ4v) is 10.5. The predicted octanol–water partition coefficient (Wildman–Crippen LogP) is 17.8. The molecule has 1 amide bonds. The van der Waals surface area contributed by atoms with Gasteiger partial charge in [-0.15, -0.1) is 0 Å². The van der Waals surface area contributed by atoms with Crippen molar-refractivity contribution in [3.63, 3.8) is 0 Å². The van der Waals surface area contributed by atoms with Gasteiger partial charge in [0, 0.05) is 6.42 Å². The van der Waals surface area contributed by atoms with E-state index in [0.29, 0.717) is 6.42 Å². The van der Waals surface area contributed by atoms with Crippen molar-refractivity contribution < 1.29 is 39.8 Å². The quantitative estimate of drug-likeness (QED) is 0.0261. The Balaban J connectivity index is 2.12. The molecule has 0 radical (unpaired) electrons. The number of aliphatic hydroxyl groups is 5. The number of hydrogen-bond donors (Lipinski definition) is 6. The van der Waals surface area contributed by atoms with Gasteiger partial charge < -0.3 is 40.3 Å². The molecule has 1 heterocycles. The minimum atomic E-state index is -1.57. The standard InChI is InChI=1S/C69H127NO8/c1-3-5-7-9-11-13-15-17-19-21-23-25-26-27-28-29-30-31-32-33-34-35-36-37-38-39-41-43-45-47-49-51-53-55-57-59-65(73)70-62(61-77-69-68(76)67(75)66(74)64(60-71)78-69)63(72)58-56-54-52-50-48-46-44-42-40-24-22-20-18-16-14-12-10-8-6-4-2/h15,17,21,23,26-27,48,50,56,58,62-64,66-69,71-72,74-76H,3-14,16,18-20,22,24-25,28-47,49,51-55,57,59-61H2,1-2H3,(H,70,73)/b17-15-,23-21-,27-26-,50-48+,58-56+. The lowest BCUT2D eigenvalue weighted by atomic mass is 9.99. The molecule has 6 N–H and O–H groups in total. The topological polar surface area (TPSA) is 149 Å². The van der Waals surface area contributed by atoms with Crippen molar-refractivity contribution in [1.29, 1.82) is 0 Å². The monoisotopic (exact) mass is 1100 g/mol. The van der Waals surface area contributed by atoms with Gasteiger partial charge in [-0.05, 0) is 70.6 Å². The molecule has 456 valence electrons. The summed E-state index contributed by atoms with van der Waals surface area (Å²) in [6.45, 7) is 3.78. The van der Waals surface area contributed by atoms with Crippen molar-refractivity contribution in [2.24, 2.45) is 0 Å². The molecule has 0 bridgehead atoms. The molecular weight excluding hydrogens is 971 g/mol. The lowest BCUT2D eigenvalue weighted by molar-refractivity contribution is -0.302. The van der Waals surface area contributed by atoms with Crippen LogP contribution in [0.2, 0.25) is 0 Å². The number of aliphatic hydroxyl groups excluding tert-OH is 5. The molecule has 1 fully saturated rings. The summed E-state index contributed by atoms with van der Waals surface area (Å²) in [4.78, 5) is 13.1. The smallest absolute Gasteiger partial charge is 0.220 e. The number of unbranched alkanes of at least 4 members (excludes halogenated alkanes) is 40. The van der Waals surface area contributed by atoms with Crippen LogP contribution in [0.15, 0.2) is 60.8 Å². The second-order valence-electron chi connectivity index (χ2n) is 23.3. The summed E-state index contributed by atoms with van der Waals surface area (Å²) in [7, 11) is 0. The van der Waals surface area contributed by atoms with E-state index < -0.39 is 49.5 Å². The van der Waals surface area contributed by atoms with E-state index in [1.807, 2.05) is 6.08 Å². The van der Waals surface area contributed by atoms with Gasteiger partial charge >= 0.3 is 0 Å². The van der Waals surface area contributed by atoms with Gasteiger partial charge in [-0.3, -0.25) is 4.79 Å². The van der Waals surface area contributed by atoms with Gasteiger partial charge in [-0.1, -0.05) is 299 Å². The van der Waals surface area contributed by atoms with Gasteiger partial charge in [0.05, 0.1) is 25.4 Å². The molecule has 0 aromatic carbocycles. The highest BCUT2D eigenvalue weighted by Gasteiger charge is 2.44. The summed E-state index contributed by atoms with van der Waals surface area (Å²) in [6, 6.07) is -0.823. The number of allylic oxidation sites excluding steroid dienone is 9. The molecule has 9 nitrogen and oxygen atoms in total. The maximum absolute atomic E-state index is 13.1. The van der Waals surface area contributed by atoms with Crippen LogP contribution in [-0.4, -0.2) is 87.5 Å². The van der Waals surface area contributed by atoms with Crippen molar-refractivity contribution in [2.45, 2.75) is 358 Å². The number of carbonyl (C=O) groups is 1. The highest BCUT2D eigenvalue weighted by Crippen LogP contribution is 2.23. The molecule has 1 aliphatic rings. The summed E-state index contributed by atoms with van der Waals surface area (Å²) >= 11 is 0. The summed E-state index contributed by atoms with van der Waals surface area (Å²) in [5.41, 5.74) is 0. The van der Waals surface area contributed by atoms with Gasteiger partial charge in [0.1, 0.15) is 24.4 Å². The van der Waals surface area contributed by atoms with Crippen molar-refractivity contribution in [3.05, 3.63) is 60.8 Å². The van der Waals surface area contributed by atoms with Crippen LogP contribution < -0.4 is 5.32 Å². The Morgan fingerprint density at radius 3 is 1.17 bits per heavy atom.